The van der Waals surface area contributed by atoms with Crippen molar-refractivity contribution in [2.45, 2.75) is 0 Å². The summed E-state index contributed by atoms with van der Waals surface area (Å²) in [6.07, 6.45) is 0. The summed E-state index contributed by atoms with van der Waals surface area (Å²) >= 11 is 0. The van der Waals surface area contributed by atoms with E-state index in [1.807, 2.05) is 18.2 Å². The Balaban J connectivity index is 1.80. The number of nitrogens with one attached hydrogen (secondary N) is 1. The molecule has 0 radical (unpaired) electrons. The number of halogens is 1. The average Bonchev–Trinajstić information content (AvgIpc) is 2.69. The Morgan fingerprint density at radius 1 is 0.885 bits per heavy atom. The Labute approximate surface area is 150 Å². The molecule has 0 fully saturated rings. The highest BCUT2D eigenvalue weighted by Crippen LogP contribution is 2.16. The minimum absolute atomic E-state index is 0.0283. The highest BCUT2D eigenvalue weighted by atomic mass is 19.1. The van der Waals surface area contributed by atoms with Gasteiger partial charge in [-0.2, -0.15) is 0 Å². The number of benzene rings is 2. The standard InChI is InChI=1S/C20H16FN3O2/c1-24(14-8-3-2-4-9-14)20(26)18-13-7-12-17(22-18)19(25)23-16-11-6-5-10-15(16)21/h2-13H,1H3,(H,23,25). The van der Waals surface area contributed by atoms with Gasteiger partial charge in [-0.3, -0.25) is 9.59 Å². The zero-order chi connectivity index (χ0) is 18.5. The molecule has 0 spiro atoms. The van der Waals surface area contributed by atoms with Crippen molar-refractivity contribution < 1.29 is 14.0 Å². The number of hydrogen-bond acceptors (Lipinski definition) is 3. The van der Waals surface area contributed by atoms with Gasteiger partial charge in [-0.05, 0) is 36.4 Å². The monoisotopic (exact) mass is 349 g/mol. The van der Waals surface area contributed by atoms with E-state index < -0.39 is 11.7 Å². The van der Waals surface area contributed by atoms with E-state index in [0.717, 1.165) is 0 Å². The first kappa shape index (κ1) is 17.3. The second kappa shape index (κ2) is 7.57. The van der Waals surface area contributed by atoms with Gasteiger partial charge in [0.1, 0.15) is 17.2 Å². The average molecular weight is 349 g/mol. The van der Waals surface area contributed by atoms with Gasteiger partial charge in [0, 0.05) is 12.7 Å². The second-order valence-corrected chi connectivity index (χ2v) is 5.54. The number of pyridine rings is 1. The van der Waals surface area contributed by atoms with Crippen LogP contribution in [0.2, 0.25) is 0 Å². The molecule has 0 unspecified atom stereocenters. The van der Waals surface area contributed by atoms with Crippen molar-refractivity contribution in [2.75, 3.05) is 17.3 Å². The lowest BCUT2D eigenvalue weighted by Gasteiger charge is -2.17. The van der Waals surface area contributed by atoms with E-state index >= 15 is 0 Å². The van der Waals surface area contributed by atoms with Crippen LogP contribution in [-0.4, -0.2) is 23.8 Å². The third-order valence-electron chi connectivity index (χ3n) is 3.77. The van der Waals surface area contributed by atoms with E-state index in [1.165, 1.54) is 35.2 Å². The molecule has 26 heavy (non-hydrogen) atoms. The molecule has 0 aliphatic heterocycles. The molecule has 0 bridgehead atoms. The highest BCUT2D eigenvalue weighted by molar-refractivity contribution is 6.07. The van der Waals surface area contributed by atoms with Gasteiger partial charge in [-0.15, -0.1) is 0 Å². The molecular formula is C20H16FN3O2. The number of para-hydroxylation sites is 2. The number of carbonyl (C=O) groups is 2. The number of nitrogens with zero attached hydrogens (tertiary/aromatic N) is 2. The van der Waals surface area contributed by atoms with Crippen LogP contribution in [0.15, 0.2) is 72.8 Å². The lowest BCUT2D eigenvalue weighted by Crippen LogP contribution is -2.27. The van der Waals surface area contributed by atoms with Crippen molar-refractivity contribution >= 4 is 23.2 Å². The van der Waals surface area contributed by atoms with Crippen molar-refractivity contribution in [3.05, 3.63) is 90.0 Å². The molecule has 2 aromatic carbocycles. The molecule has 3 aromatic rings. The van der Waals surface area contributed by atoms with Crippen LogP contribution < -0.4 is 10.2 Å². The second-order valence-electron chi connectivity index (χ2n) is 5.54. The Morgan fingerprint density at radius 2 is 1.54 bits per heavy atom. The molecule has 130 valence electrons. The van der Waals surface area contributed by atoms with Gasteiger partial charge in [0.15, 0.2) is 0 Å². The van der Waals surface area contributed by atoms with Crippen LogP contribution in [0.5, 0.6) is 0 Å². The highest BCUT2D eigenvalue weighted by Gasteiger charge is 2.17. The van der Waals surface area contributed by atoms with Crippen molar-refractivity contribution in [3.8, 4) is 0 Å². The summed E-state index contributed by atoms with van der Waals surface area (Å²) in [6.45, 7) is 0. The third-order valence-corrected chi connectivity index (χ3v) is 3.77. The fourth-order valence-electron chi connectivity index (χ4n) is 2.37. The Hall–Kier alpha value is -3.54. The van der Waals surface area contributed by atoms with Crippen LogP contribution in [0, 0.1) is 5.82 Å². The normalized spacial score (nSPS) is 10.2. The smallest absolute Gasteiger partial charge is 0.276 e. The topological polar surface area (TPSA) is 62.3 Å². The number of rotatable bonds is 4. The van der Waals surface area contributed by atoms with Gasteiger partial charge in [-0.1, -0.05) is 36.4 Å². The van der Waals surface area contributed by atoms with E-state index in [0.29, 0.717) is 5.69 Å². The van der Waals surface area contributed by atoms with Gasteiger partial charge < -0.3 is 10.2 Å². The van der Waals surface area contributed by atoms with Gasteiger partial charge in [0.05, 0.1) is 5.69 Å². The number of carbonyl (C=O) groups excluding carboxylic acids is 2. The van der Waals surface area contributed by atoms with Crippen LogP contribution >= 0.6 is 0 Å². The van der Waals surface area contributed by atoms with Crippen molar-refractivity contribution in [1.82, 2.24) is 4.98 Å². The molecule has 1 N–H and O–H groups in total. The Kier molecular flexibility index (Phi) is 5.03. The zero-order valence-corrected chi connectivity index (χ0v) is 14.0. The molecule has 0 aliphatic rings. The van der Waals surface area contributed by atoms with E-state index in [4.69, 9.17) is 0 Å². The molecular weight excluding hydrogens is 333 g/mol. The maximum atomic E-state index is 13.7. The molecule has 3 rings (SSSR count). The molecule has 1 heterocycles. The van der Waals surface area contributed by atoms with Crippen LogP contribution in [-0.2, 0) is 0 Å². The van der Waals surface area contributed by atoms with Gasteiger partial charge in [-0.25, -0.2) is 9.37 Å². The number of hydrogen-bond donors (Lipinski definition) is 1. The van der Waals surface area contributed by atoms with Crippen molar-refractivity contribution in [1.29, 1.82) is 0 Å². The van der Waals surface area contributed by atoms with E-state index in [1.54, 1.807) is 31.3 Å². The lowest BCUT2D eigenvalue weighted by atomic mass is 10.2. The molecule has 0 aliphatic carbocycles. The first-order valence-corrected chi connectivity index (χ1v) is 7.92. The molecule has 5 nitrogen and oxygen atoms in total. The number of amides is 2. The zero-order valence-electron chi connectivity index (χ0n) is 14.0. The molecule has 6 heteroatoms. The van der Waals surface area contributed by atoms with Crippen molar-refractivity contribution in [3.63, 3.8) is 0 Å². The molecule has 0 atom stereocenters. The van der Waals surface area contributed by atoms with Gasteiger partial charge >= 0.3 is 0 Å². The predicted octanol–water partition coefficient (Wildman–Crippen LogP) is 3.75. The molecule has 2 amide bonds. The van der Waals surface area contributed by atoms with E-state index in [-0.39, 0.29) is 23.0 Å². The predicted molar refractivity (Wildman–Crippen MR) is 97.8 cm³/mol. The summed E-state index contributed by atoms with van der Waals surface area (Å²) in [6, 6.07) is 19.5. The summed E-state index contributed by atoms with van der Waals surface area (Å²) in [7, 11) is 1.63. The SMILES string of the molecule is CN(C(=O)c1cccc(C(=O)Nc2ccccc2F)n1)c1ccccc1. The first-order chi connectivity index (χ1) is 12.6. The van der Waals surface area contributed by atoms with Crippen molar-refractivity contribution in [2.24, 2.45) is 0 Å². The van der Waals surface area contributed by atoms with Crippen LogP contribution in [0.3, 0.4) is 0 Å². The maximum absolute atomic E-state index is 13.7. The molecule has 0 saturated heterocycles. The largest absolute Gasteiger partial charge is 0.318 e. The van der Waals surface area contributed by atoms with E-state index in [9.17, 15) is 14.0 Å². The molecule has 1 aromatic heterocycles. The van der Waals surface area contributed by atoms with E-state index in [2.05, 4.69) is 10.3 Å². The maximum Gasteiger partial charge on any atom is 0.276 e. The fourth-order valence-corrected chi connectivity index (χ4v) is 2.37. The Bertz CT molecular complexity index is 945. The quantitative estimate of drug-likeness (QED) is 0.780. The lowest BCUT2D eigenvalue weighted by molar-refractivity contribution is 0.0988. The minimum Gasteiger partial charge on any atom is -0.318 e. The summed E-state index contributed by atoms with van der Waals surface area (Å²) in [5, 5.41) is 2.45. The van der Waals surface area contributed by atoms with Crippen LogP contribution in [0.1, 0.15) is 21.0 Å². The van der Waals surface area contributed by atoms with Crippen LogP contribution in [0.4, 0.5) is 15.8 Å². The Morgan fingerprint density at radius 3 is 2.27 bits per heavy atom. The van der Waals surface area contributed by atoms with Gasteiger partial charge in [0.2, 0.25) is 0 Å². The van der Waals surface area contributed by atoms with Crippen LogP contribution in [0.25, 0.3) is 0 Å². The fraction of sp³-hybridized carbons (Fsp3) is 0.0500. The molecule has 0 saturated carbocycles. The first-order valence-electron chi connectivity index (χ1n) is 7.92. The number of aromatic nitrogens is 1. The summed E-state index contributed by atoms with van der Waals surface area (Å²) < 4.78 is 13.7. The third kappa shape index (κ3) is 3.75. The number of anilines is 2. The minimum atomic E-state index is -0.591. The van der Waals surface area contributed by atoms with Gasteiger partial charge in [0.25, 0.3) is 11.8 Å². The summed E-state index contributed by atoms with van der Waals surface area (Å²) in [5.74, 6) is -1.49. The summed E-state index contributed by atoms with van der Waals surface area (Å²) in [5.41, 5.74) is 0.913. The summed E-state index contributed by atoms with van der Waals surface area (Å²) in [4.78, 5) is 30.5.